The third-order valence-corrected chi connectivity index (χ3v) is 8.88. The minimum Gasteiger partial charge on any atom is -0.423 e. The average Bonchev–Trinajstić information content (AvgIpc) is 3.14. The van der Waals surface area contributed by atoms with Gasteiger partial charge in [-0.25, -0.2) is 19.9 Å². The van der Waals surface area contributed by atoms with Crippen molar-refractivity contribution in [3.8, 4) is 56.4 Å². The molecule has 0 bridgehead atoms. The van der Waals surface area contributed by atoms with Gasteiger partial charge >= 0.3 is 7.12 Å². The van der Waals surface area contributed by atoms with Crippen LogP contribution in [0.25, 0.3) is 56.4 Å². The molecule has 234 valence electrons. The molecule has 0 aliphatic heterocycles. The number of hydrogen-bond donors (Lipinski definition) is 2. The second-order valence-electron chi connectivity index (χ2n) is 10.9. The van der Waals surface area contributed by atoms with Crippen LogP contribution in [0.4, 0.5) is 0 Å². The van der Waals surface area contributed by atoms with Crippen LogP contribution >= 0.6 is 31.9 Å². The molecule has 2 heterocycles. The van der Waals surface area contributed by atoms with E-state index in [-0.39, 0.29) is 0 Å². The van der Waals surface area contributed by atoms with E-state index >= 15 is 0 Å². The first-order valence-electron chi connectivity index (χ1n) is 15.2. The normalized spacial score (nSPS) is 10.6. The average molecular weight is 756 g/mol. The number of benzene rings is 5. The van der Waals surface area contributed by atoms with Crippen molar-refractivity contribution < 1.29 is 10.0 Å². The van der Waals surface area contributed by atoms with Crippen molar-refractivity contribution in [1.82, 2.24) is 19.9 Å². The molecule has 7 rings (SSSR count). The van der Waals surface area contributed by atoms with Crippen molar-refractivity contribution in [2.45, 2.75) is 6.92 Å². The Bertz CT molecular complexity index is 2010. The van der Waals surface area contributed by atoms with Crippen LogP contribution < -0.4 is 5.46 Å². The number of nitrogens with zero attached hydrogens (tertiary/aromatic N) is 4. The zero-order valence-corrected chi connectivity index (χ0v) is 29.0. The van der Waals surface area contributed by atoms with Gasteiger partial charge in [0.15, 0.2) is 17.5 Å². The summed E-state index contributed by atoms with van der Waals surface area (Å²) in [6.45, 7) is 2.02. The van der Waals surface area contributed by atoms with Gasteiger partial charge in [-0.1, -0.05) is 133 Å². The fourth-order valence-corrected chi connectivity index (χ4v) is 5.62. The molecule has 0 aliphatic carbocycles. The maximum atomic E-state index is 9.49. The molecule has 0 fully saturated rings. The fourth-order valence-electron chi connectivity index (χ4n) is 4.96. The van der Waals surface area contributed by atoms with Gasteiger partial charge in [0.25, 0.3) is 0 Å². The molecule has 6 nitrogen and oxygen atoms in total. The van der Waals surface area contributed by atoms with Crippen LogP contribution in [0.15, 0.2) is 155 Å². The summed E-state index contributed by atoms with van der Waals surface area (Å²) >= 11 is 6.61. The smallest absolute Gasteiger partial charge is 0.423 e. The van der Waals surface area contributed by atoms with Gasteiger partial charge in [-0.2, -0.15) is 0 Å². The van der Waals surface area contributed by atoms with Crippen LogP contribution in [0.5, 0.6) is 0 Å². The van der Waals surface area contributed by atoms with Crippen molar-refractivity contribution in [3.63, 3.8) is 0 Å². The Labute approximate surface area is 296 Å². The lowest BCUT2D eigenvalue weighted by Gasteiger charge is -2.10. The highest BCUT2D eigenvalue weighted by atomic mass is 79.9. The summed E-state index contributed by atoms with van der Waals surface area (Å²) in [6.07, 6.45) is 1.78. The summed E-state index contributed by atoms with van der Waals surface area (Å²) in [4.78, 5) is 18.4. The highest BCUT2D eigenvalue weighted by Gasteiger charge is 2.15. The van der Waals surface area contributed by atoms with Gasteiger partial charge in [0.2, 0.25) is 0 Å². The van der Waals surface area contributed by atoms with Gasteiger partial charge in [-0.3, -0.25) is 0 Å². The minimum absolute atomic E-state index is 0.404. The SMILES string of the molecule is Cc1cc(Br)ncc1Br.OB(O)c1ccc(-c2nc(-c3ccc(-c4ccccc4)cc3)nc(-c3ccc(-c4ccccc4)cc3)n2)cc1. The fraction of sp³-hybridized carbons (Fsp3) is 0.0256. The summed E-state index contributed by atoms with van der Waals surface area (Å²) in [5.74, 6) is 1.63. The zero-order chi connectivity index (χ0) is 33.5. The number of aromatic nitrogens is 4. The van der Waals surface area contributed by atoms with Crippen molar-refractivity contribution in [3.05, 3.63) is 160 Å². The van der Waals surface area contributed by atoms with Crippen LogP contribution in [0, 0.1) is 6.92 Å². The summed E-state index contributed by atoms with van der Waals surface area (Å²) in [6, 6.07) is 45.7. The van der Waals surface area contributed by atoms with Gasteiger partial charge in [-0.15, -0.1) is 0 Å². The molecule has 0 atom stereocenters. The molecule has 0 unspecified atom stereocenters. The predicted octanol–water partition coefficient (Wildman–Crippen LogP) is 8.80. The lowest BCUT2D eigenvalue weighted by molar-refractivity contribution is 0.426. The third-order valence-electron chi connectivity index (χ3n) is 7.62. The third kappa shape index (κ3) is 8.19. The van der Waals surface area contributed by atoms with Gasteiger partial charge < -0.3 is 10.0 Å². The molecule has 2 N–H and O–H groups in total. The number of hydrogen-bond acceptors (Lipinski definition) is 6. The Morgan fingerprint density at radius 3 is 1.19 bits per heavy atom. The lowest BCUT2D eigenvalue weighted by Crippen LogP contribution is -2.29. The monoisotopic (exact) mass is 754 g/mol. The molecule has 5 aromatic carbocycles. The first kappa shape index (κ1) is 33.1. The van der Waals surface area contributed by atoms with Gasteiger partial charge in [0.1, 0.15) is 4.60 Å². The number of rotatable bonds is 6. The van der Waals surface area contributed by atoms with E-state index in [0.717, 1.165) is 48.0 Å². The molecule has 9 heteroatoms. The number of aryl methyl sites for hydroxylation is 1. The quantitative estimate of drug-likeness (QED) is 0.130. The lowest BCUT2D eigenvalue weighted by atomic mass is 9.80. The predicted molar refractivity (Wildman–Crippen MR) is 201 cm³/mol. The molecule has 0 saturated carbocycles. The van der Waals surface area contributed by atoms with E-state index in [1.807, 2.05) is 73.7 Å². The van der Waals surface area contributed by atoms with E-state index < -0.39 is 7.12 Å². The Morgan fingerprint density at radius 2 is 0.833 bits per heavy atom. The Morgan fingerprint density at radius 1 is 0.479 bits per heavy atom. The Hall–Kier alpha value is -4.80. The Kier molecular flexibility index (Phi) is 10.6. The van der Waals surface area contributed by atoms with E-state index in [4.69, 9.17) is 15.0 Å². The molecule has 48 heavy (non-hydrogen) atoms. The second kappa shape index (κ2) is 15.4. The van der Waals surface area contributed by atoms with E-state index in [0.29, 0.717) is 22.9 Å². The van der Waals surface area contributed by atoms with Crippen molar-refractivity contribution in [2.75, 3.05) is 0 Å². The van der Waals surface area contributed by atoms with Crippen LogP contribution in [0.3, 0.4) is 0 Å². The van der Waals surface area contributed by atoms with E-state index in [1.54, 1.807) is 30.5 Å². The number of pyridine rings is 1. The first-order valence-corrected chi connectivity index (χ1v) is 16.7. The highest BCUT2D eigenvalue weighted by Crippen LogP contribution is 2.28. The van der Waals surface area contributed by atoms with Crippen LogP contribution in [0.2, 0.25) is 0 Å². The summed E-state index contributed by atoms with van der Waals surface area (Å²) in [5, 5.41) is 19.0. The number of halogens is 2. The van der Waals surface area contributed by atoms with E-state index in [1.165, 1.54) is 5.56 Å². The molecule has 0 radical (unpaired) electrons. The van der Waals surface area contributed by atoms with Crippen molar-refractivity contribution in [2.24, 2.45) is 0 Å². The molecule has 0 aliphatic rings. The first-order chi connectivity index (χ1) is 23.3. The minimum atomic E-state index is -1.53. The highest BCUT2D eigenvalue weighted by molar-refractivity contribution is 9.11. The molecule has 0 amide bonds. The summed E-state index contributed by atoms with van der Waals surface area (Å²) in [5.41, 5.74) is 8.62. The second-order valence-corrected chi connectivity index (χ2v) is 12.6. The maximum absolute atomic E-state index is 9.49. The summed E-state index contributed by atoms with van der Waals surface area (Å²) < 4.78 is 1.92. The molecule has 2 aromatic heterocycles. The van der Waals surface area contributed by atoms with Crippen molar-refractivity contribution >= 4 is 44.4 Å². The molecule has 7 aromatic rings. The van der Waals surface area contributed by atoms with Gasteiger partial charge in [0, 0.05) is 27.4 Å². The van der Waals surface area contributed by atoms with Crippen molar-refractivity contribution in [1.29, 1.82) is 0 Å². The summed E-state index contributed by atoms with van der Waals surface area (Å²) in [7, 11) is -1.53. The van der Waals surface area contributed by atoms with Crippen LogP contribution in [-0.2, 0) is 0 Å². The molecular formula is C39H29BBr2N4O2. The van der Waals surface area contributed by atoms with E-state index in [2.05, 4.69) is 85.4 Å². The van der Waals surface area contributed by atoms with Crippen LogP contribution in [-0.4, -0.2) is 37.1 Å². The molecule has 0 saturated heterocycles. The van der Waals surface area contributed by atoms with Gasteiger partial charge in [-0.05, 0) is 78.1 Å². The van der Waals surface area contributed by atoms with Crippen LogP contribution in [0.1, 0.15) is 5.56 Å². The standard InChI is InChI=1S/C33H24BN3O2.C6H5Br2N/c38-34(39)30-21-19-29(20-22-30)33-36-31(27-15-11-25(12-16-27)23-7-3-1-4-8-23)35-32(37-33)28-17-13-26(14-18-28)24-9-5-2-6-10-24;1-4-2-6(8)9-3-5(4)7/h1-22,38-39H;2-3H,1H3. The molecule has 0 spiro atoms. The Balaban J connectivity index is 0.000000388. The zero-order valence-electron chi connectivity index (χ0n) is 25.9. The topological polar surface area (TPSA) is 92.0 Å². The van der Waals surface area contributed by atoms with Gasteiger partial charge in [0.05, 0.1) is 0 Å². The molecular weight excluding hydrogens is 727 g/mol. The maximum Gasteiger partial charge on any atom is 0.488 e. The van der Waals surface area contributed by atoms with E-state index in [9.17, 15) is 10.0 Å². The largest absolute Gasteiger partial charge is 0.488 e.